The van der Waals surface area contributed by atoms with E-state index in [-0.39, 0.29) is 29.9 Å². The normalized spacial score (nSPS) is 22.4. The van der Waals surface area contributed by atoms with Crippen molar-refractivity contribution < 1.29 is 14.3 Å². The summed E-state index contributed by atoms with van der Waals surface area (Å²) in [6.45, 7) is 5.88. The van der Waals surface area contributed by atoms with E-state index in [2.05, 4.69) is 39.5 Å². The minimum absolute atomic E-state index is 0. The monoisotopic (exact) mass is 570 g/mol. The van der Waals surface area contributed by atoms with E-state index in [1.807, 2.05) is 11.9 Å². The number of rotatable bonds is 7. The number of amides is 1. The lowest BCUT2D eigenvalue weighted by molar-refractivity contribution is -0.128. The fourth-order valence-corrected chi connectivity index (χ4v) is 4.78. The SMILES string of the molecule is CN=C(NCc1ccc(CN2CCCC2=O)cc1)N1CCC(OCC2CCCCO2)CC1.I. The Kier molecular flexibility index (Phi) is 10.7. The number of nitrogens with one attached hydrogen (secondary N) is 1. The zero-order valence-electron chi connectivity index (χ0n) is 19.8. The van der Waals surface area contributed by atoms with Crippen LogP contribution in [0.25, 0.3) is 0 Å². The molecule has 8 heteroatoms. The standard InChI is InChI=1S/C25H38N4O3.HI/c1-26-25(28-14-11-22(12-15-28)32-19-23-5-2-3-16-31-23)27-17-20-7-9-21(10-8-20)18-29-13-4-6-24(29)30;/h7-10,22-23H,2-6,11-19H2,1H3,(H,26,27);1H. The summed E-state index contributed by atoms with van der Waals surface area (Å²) in [6.07, 6.45) is 7.92. The molecule has 0 bridgehead atoms. The van der Waals surface area contributed by atoms with Gasteiger partial charge in [0, 0.05) is 52.8 Å². The molecule has 3 saturated heterocycles. The van der Waals surface area contributed by atoms with Gasteiger partial charge < -0.3 is 24.6 Å². The second-order valence-corrected chi connectivity index (χ2v) is 9.14. The number of ether oxygens (including phenoxy) is 2. The highest BCUT2D eigenvalue weighted by molar-refractivity contribution is 14.0. The van der Waals surface area contributed by atoms with Crippen molar-refractivity contribution in [3.05, 3.63) is 35.4 Å². The molecule has 1 atom stereocenters. The molecule has 1 amide bonds. The van der Waals surface area contributed by atoms with E-state index in [4.69, 9.17) is 9.47 Å². The average Bonchev–Trinajstić information content (AvgIpc) is 3.24. The van der Waals surface area contributed by atoms with Crippen molar-refractivity contribution in [2.24, 2.45) is 4.99 Å². The number of likely N-dealkylation sites (tertiary alicyclic amines) is 2. The molecule has 4 rings (SSSR count). The van der Waals surface area contributed by atoms with Gasteiger partial charge in [-0.05, 0) is 49.7 Å². The molecule has 1 aromatic rings. The predicted octanol–water partition coefficient (Wildman–Crippen LogP) is 3.55. The summed E-state index contributed by atoms with van der Waals surface area (Å²) in [6, 6.07) is 8.54. The van der Waals surface area contributed by atoms with Gasteiger partial charge >= 0.3 is 0 Å². The summed E-state index contributed by atoms with van der Waals surface area (Å²) in [7, 11) is 1.85. The molecule has 3 aliphatic rings. The first kappa shape index (κ1) is 26.2. The molecule has 0 saturated carbocycles. The van der Waals surface area contributed by atoms with E-state index >= 15 is 0 Å². The van der Waals surface area contributed by atoms with Crippen molar-refractivity contribution in [1.82, 2.24) is 15.1 Å². The maximum atomic E-state index is 11.8. The largest absolute Gasteiger partial charge is 0.376 e. The van der Waals surface area contributed by atoms with Crippen LogP contribution in [-0.2, 0) is 27.4 Å². The number of guanidine groups is 1. The number of benzene rings is 1. The fourth-order valence-electron chi connectivity index (χ4n) is 4.78. The molecule has 0 aliphatic carbocycles. The predicted molar refractivity (Wildman–Crippen MR) is 141 cm³/mol. The smallest absolute Gasteiger partial charge is 0.222 e. The van der Waals surface area contributed by atoms with E-state index in [1.54, 1.807) is 0 Å². The molecule has 1 aromatic carbocycles. The Labute approximate surface area is 215 Å². The Bertz CT molecular complexity index is 759. The highest BCUT2D eigenvalue weighted by Gasteiger charge is 2.24. The van der Waals surface area contributed by atoms with E-state index < -0.39 is 0 Å². The van der Waals surface area contributed by atoms with Gasteiger partial charge in [0.15, 0.2) is 5.96 Å². The molecule has 184 valence electrons. The van der Waals surface area contributed by atoms with Crippen LogP contribution in [0.3, 0.4) is 0 Å². The van der Waals surface area contributed by atoms with Gasteiger partial charge in [0.1, 0.15) is 0 Å². The zero-order valence-corrected chi connectivity index (χ0v) is 22.2. The second kappa shape index (κ2) is 13.5. The first-order valence-corrected chi connectivity index (χ1v) is 12.3. The Balaban J connectivity index is 0.00000306. The van der Waals surface area contributed by atoms with Crippen LogP contribution in [0.4, 0.5) is 0 Å². The Hall–Kier alpha value is -1.39. The first-order valence-electron chi connectivity index (χ1n) is 12.3. The molecule has 0 spiro atoms. The van der Waals surface area contributed by atoms with Crippen LogP contribution >= 0.6 is 24.0 Å². The number of hydrogen-bond donors (Lipinski definition) is 1. The lowest BCUT2D eigenvalue weighted by atomic mass is 10.1. The van der Waals surface area contributed by atoms with Crippen molar-refractivity contribution in [3.63, 3.8) is 0 Å². The number of nitrogens with zero attached hydrogens (tertiary/aromatic N) is 3. The third kappa shape index (κ3) is 7.82. The van der Waals surface area contributed by atoms with E-state index in [1.165, 1.54) is 24.0 Å². The molecule has 1 unspecified atom stereocenters. The molecule has 1 N–H and O–H groups in total. The van der Waals surface area contributed by atoms with E-state index in [9.17, 15) is 4.79 Å². The third-order valence-electron chi connectivity index (χ3n) is 6.76. The number of piperidine rings is 1. The van der Waals surface area contributed by atoms with Gasteiger partial charge in [-0.3, -0.25) is 9.79 Å². The molecule has 0 aromatic heterocycles. The number of carbonyl (C=O) groups excluding carboxylic acids is 1. The Morgan fingerprint density at radius 2 is 1.85 bits per heavy atom. The highest BCUT2D eigenvalue weighted by atomic mass is 127. The molecule has 3 aliphatic heterocycles. The van der Waals surface area contributed by atoms with Gasteiger partial charge in [0.25, 0.3) is 0 Å². The fraction of sp³-hybridized carbons (Fsp3) is 0.680. The van der Waals surface area contributed by atoms with Gasteiger partial charge in [-0.2, -0.15) is 0 Å². The molecule has 33 heavy (non-hydrogen) atoms. The lowest BCUT2D eigenvalue weighted by Gasteiger charge is -2.35. The van der Waals surface area contributed by atoms with Crippen molar-refractivity contribution in [3.8, 4) is 0 Å². The summed E-state index contributed by atoms with van der Waals surface area (Å²) in [5.74, 6) is 1.22. The summed E-state index contributed by atoms with van der Waals surface area (Å²) < 4.78 is 11.9. The van der Waals surface area contributed by atoms with Crippen molar-refractivity contribution in [2.75, 3.05) is 39.9 Å². The second-order valence-electron chi connectivity index (χ2n) is 9.14. The molecule has 3 fully saturated rings. The number of aliphatic imine (C=N–C) groups is 1. The summed E-state index contributed by atoms with van der Waals surface area (Å²) >= 11 is 0. The average molecular weight is 571 g/mol. The minimum atomic E-state index is 0. The number of hydrogen-bond acceptors (Lipinski definition) is 4. The van der Waals surface area contributed by atoms with Crippen molar-refractivity contribution >= 4 is 35.8 Å². The Morgan fingerprint density at radius 1 is 1.09 bits per heavy atom. The van der Waals surface area contributed by atoms with Gasteiger partial charge in [-0.1, -0.05) is 24.3 Å². The van der Waals surface area contributed by atoms with Crippen LogP contribution in [0.2, 0.25) is 0 Å². The number of halogens is 1. The zero-order chi connectivity index (χ0) is 22.2. The summed E-state index contributed by atoms with van der Waals surface area (Å²) in [4.78, 5) is 20.6. The summed E-state index contributed by atoms with van der Waals surface area (Å²) in [5.41, 5.74) is 2.41. The van der Waals surface area contributed by atoms with Gasteiger partial charge in [0.05, 0.1) is 18.8 Å². The van der Waals surface area contributed by atoms with Gasteiger partial charge in [0.2, 0.25) is 5.91 Å². The highest BCUT2D eigenvalue weighted by Crippen LogP contribution is 2.18. The van der Waals surface area contributed by atoms with E-state index in [0.29, 0.717) is 18.6 Å². The topological polar surface area (TPSA) is 66.4 Å². The van der Waals surface area contributed by atoms with Crippen LogP contribution in [0, 0.1) is 0 Å². The molecule has 7 nitrogen and oxygen atoms in total. The van der Waals surface area contributed by atoms with E-state index in [0.717, 1.165) is 77.6 Å². The maximum absolute atomic E-state index is 11.8. The van der Waals surface area contributed by atoms with Crippen molar-refractivity contribution in [1.29, 1.82) is 0 Å². The minimum Gasteiger partial charge on any atom is -0.376 e. The Morgan fingerprint density at radius 3 is 2.48 bits per heavy atom. The molecular formula is C25H39IN4O3. The van der Waals surface area contributed by atoms with Crippen molar-refractivity contribution in [2.45, 2.75) is 70.2 Å². The number of carbonyl (C=O) groups is 1. The van der Waals surface area contributed by atoms with Crippen LogP contribution in [0.5, 0.6) is 0 Å². The summed E-state index contributed by atoms with van der Waals surface area (Å²) in [5, 5.41) is 3.50. The van der Waals surface area contributed by atoms with Gasteiger partial charge in [-0.15, -0.1) is 24.0 Å². The van der Waals surface area contributed by atoms with Crippen LogP contribution in [0.1, 0.15) is 56.1 Å². The lowest BCUT2D eigenvalue weighted by Crippen LogP contribution is -2.47. The first-order chi connectivity index (χ1) is 15.7. The maximum Gasteiger partial charge on any atom is 0.222 e. The van der Waals surface area contributed by atoms with Crippen LogP contribution in [-0.4, -0.2) is 73.8 Å². The van der Waals surface area contributed by atoms with Crippen LogP contribution in [0.15, 0.2) is 29.3 Å². The van der Waals surface area contributed by atoms with Gasteiger partial charge in [-0.25, -0.2) is 0 Å². The quantitative estimate of drug-likeness (QED) is 0.309. The van der Waals surface area contributed by atoms with Crippen LogP contribution < -0.4 is 5.32 Å². The molecular weight excluding hydrogens is 531 g/mol. The third-order valence-corrected chi connectivity index (χ3v) is 6.76. The molecule has 0 radical (unpaired) electrons. The molecule has 3 heterocycles.